The Kier molecular flexibility index (Phi) is 3.66. The lowest BCUT2D eigenvalue weighted by Crippen LogP contribution is -2.05. The molecule has 0 aromatic heterocycles. The van der Waals surface area contributed by atoms with Crippen LogP contribution in [0.4, 0.5) is 5.69 Å². The third kappa shape index (κ3) is 2.77. The van der Waals surface area contributed by atoms with Gasteiger partial charge >= 0.3 is 0 Å². The van der Waals surface area contributed by atoms with E-state index in [0.717, 1.165) is 10.0 Å². The second kappa shape index (κ2) is 5.47. The molecule has 1 aliphatic heterocycles. The normalized spacial score (nSPS) is 15.0. The van der Waals surface area contributed by atoms with Crippen LogP contribution in [0.15, 0.2) is 53.0 Å². The highest BCUT2D eigenvalue weighted by molar-refractivity contribution is 9.10. The van der Waals surface area contributed by atoms with Crippen molar-refractivity contribution in [3.63, 3.8) is 0 Å². The Morgan fingerprint density at radius 2 is 1.86 bits per heavy atom. The number of rotatable bonds is 2. The smallest absolute Gasteiger partial charge is 0.256 e. The Balaban J connectivity index is 2.00. The van der Waals surface area contributed by atoms with Crippen molar-refractivity contribution < 1.29 is 9.59 Å². The van der Waals surface area contributed by atoms with Crippen molar-refractivity contribution in [3.05, 3.63) is 69.2 Å². The monoisotopic (exact) mass is 361 g/mol. The number of carbonyl (C=O) groups excluding carboxylic acids is 2. The molecule has 0 unspecified atom stereocenters. The van der Waals surface area contributed by atoms with Crippen LogP contribution >= 0.6 is 27.5 Å². The lowest BCUT2D eigenvalue weighted by atomic mass is 10.0. The second-order valence-electron chi connectivity index (χ2n) is 4.57. The number of ketones is 1. The maximum Gasteiger partial charge on any atom is 0.256 e. The predicted octanol–water partition coefficient (Wildman–Crippen LogP) is 4.32. The van der Waals surface area contributed by atoms with E-state index in [9.17, 15) is 9.59 Å². The third-order valence-corrected chi connectivity index (χ3v) is 3.91. The largest absolute Gasteiger partial charge is 0.321 e. The zero-order valence-corrected chi connectivity index (χ0v) is 13.0. The molecule has 1 aliphatic rings. The van der Waals surface area contributed by atoms with E-state index in [1.807, 2.05) is 12.1 Å². The van der Waals surface area contributed by atoms with Gasteiger partial charge < -0.3 is 5.32 Å². The summed E-state index contributed by atoms with van der Waals surface area (Å²) in [4.78, 5) is 24.2. The molecule has 1 amide bonds. The van der Waals surface area contributed by atoms with Crippen LogP contribution in [0.3, 0.4) is 0 Å². The number of allylic oxidation sites excluding steroid dienone is 1. The van der Waals surface area contributed by atoms with Crippen molar-refractivity contribution in [1.82, 2.24) is 0 Å². The van der Waals surface area contributed by atoms with Gasteiger partial charge in [-0.05, 0) is 48.5 Å². The first-order chi connectivity index (χ1) is 10.0. The van der Waals surface area contributed by atoms with Gasteiger partial charge in [-0.3, -0.25) is 9.59 Å². The Morgan fingerprint density at radius 1 is 1.14 bits per heavy atom. The first-order valence-electron chi connectivity index (χ1n) is 6.17. The number of nitrogens with one attached hydrogen (secondary N) is 1. The lowest BCUT2D eigenvalue weighted by molar-refractivity contribution is -0.110. The van der Waals surface area contributed by atoms with Crippen LogP contribution in [0.25, 0.3) is 5.57 Å². The minimum Gasteiger partial charge on any atom is -0.321 e. The van der Waals surface area contributed by atoms with E-state index >= 15 is 0 Å². The average molecular weight is 363 g/mol. The highest BCUT2D eigenvalue weighted by Gasteiger charge is 2.25. The number of hydrogen-bond acceptors (Lipinski definition) is 2. The van der Waals surface area contributed by atoms with Crippen molar-refractivity contribution in [3.8, 4) is 0 Å². The average Bonchev–Trinajstić information content (AvgIpc) is 2.76. The molecule has 0 saturated carbocycles. The van der Waals surface area contributed by atoms with Gasteiger partial charge in [-0.1, -0.05) is 27.5 Å². The highest BCUT2D eigenvalue weighted by atomic mass is 79.9. The van der Waals surface area contributed by atoms with E-state index in [1.165, 1.54) is 6.08 Å². The van der Waals surface area contributed by atoms with E-state index in [-0.39, 0.29) is 11.7 Å². The number of hydrogen-bond donors (Lipinski definition) is 1. The van der Waals surface area contributed by atoms with Gasteiger partial charge in [-0.25, -0.2) is 0 Å². The van der Waals surface area contributed by atoms with Crippen LogP contribution in [-0.4, -0.2) is 11.7 Å². The second-order valence-corrected chi connectivity index (χ2v) is 5.93. The van der Waals surface area contributed by atoms with Gasteiger partial charge in [0.1, 0.15) is 0 Å². The molecule has 2 aromatic carbocycles. The molecule has 2 aromatic rings. The van der Waals surface area contributed by atoms with Crippen molar-refractivity contribution in [2.24, 2.45) is 0 Å². The number of fused-ring (bicyclic) bond motifs is 1. The zero-order chi connectivity index (χ0) is 15.0. The topological polar surface area (TPSA) is 46.2 Å². The summed E-state index contributed by atoms with van der Waals surface area (Å²) in [6.45, 7) is 0. The predicted molar refractivity (Wildman–Crippen MR) is 86.5 cm³/mol. The Morgan fingerprint density at radius 3 is 2.57 bits per heavy atom. The maximum absolute atomic E-state index is 12.2. The van der Waals surface area contributed by atoms with Gasteiger partial charge in [0.25, 0.3) is 5.91 Å². The molecule has 0 saturated heterocycles. The molecule has 0 aliphatic carbocycles. The molecule has 1 N–H and O–H groups in total. The summed E-state index contributed by atoms with van der Waals surface area (Å²) in [6, 6.07) is 12.0. The van der Waals surface area contributed by atoms with E-state index in [1.54, 1.807) is 30.3 Å². The van der Waals surface area contributed by atoms with E-state index < -0.39 is 0 Å². The third-order valence-electron chi connectivity index (χ3n) is 3.17. The van der Waals surface area contributed by atoms with Crippen LogP contribution in [0.2, 0.25) is 5.02 Å². The van der Waals surface area contributed by atoms with E-state index in [2.05, 4.69) is 21.2 Å². The minimum absolute atomic E-state index is 0.232. The molecule has 3 rings (SSSR count). The summed E-state index contributed by atoms with van der Waals surface area (Å²) in [7, 11) is 0. The minimum atomic E-state index is -0.273. The summed E-state index contributed by atoms with van der Waals surface area (Å²) in [5.74, 6) is -0.505. The number of benzene rings is 2. The van der Waals surface area contributed by atoms with Gasteiger partial charge in [0, 0.05) is 26.3 Å². The molecule has 0 atom stereocenters. The molecule has 3 nitrogen and oxygen atoms in total. The van der Waals surface area contributed by atoms with Gasteiger partial charge in [0.05, 0.1) is 5.57 Å². The standard InChI is InChI=1S/C16H9BrClNO2/c17-10-3-6-14-12(7-10)13(16(21)19-14)8-15(20)9-1-4-11(18)5-2-9/h1-8H,(H,19,21)/b13-8+. The zero-order valence-electron chi connectivity index (χ0n) is 10.7. The maximum atomic E-state index is 12.2. The molecule has 5 heteroatoms. The molecule has 0 radical (unpaired) electrons. The summed E-state index contributed by atoms with van der Waals surface area (Å²) in [6.07, 6.45) is 1.36. The fourth-order valence-electron chi connectivity index (χ4n) is 2.13. The summed E-state index contributed by atoms with van der Waals surface area (Å²) in [5, 5.41) is 3.30. The van der Waals surface area contributed by atoms with Gasteiger partial charge in [-0.15, -0.1) is 0 Å². The quantitative estimate of drug-likeness (QED) is 0.639. The summed E-state index contributed by atoms with van der Waals surface area (Å²) in [5.41, 5.74) is 2.28. The number of anilines is 1. The van der Waals surface area contributed by atoms with Gasteiger partial charge in [0.15, 0.2) is 5.78 Å². The summed E-state index contributed by atoms with van der Waals surface area (Å²) < 4.78 is 0.850. The molecule has 21 heavy (non-hydrogen) atoms. The lowest BCUT2D eigenvalue weighted by Gasteiger charge is -2.00. The number of carbonyl (C=O) groups is 2. The molecular weight excluding hydrogens is 354 g/mol. The van der Waals surface area contributed by atoms with Crippen LogP contribution in [0.1, 0.15) is 15.9 Å². The number of amides is 1. The molecular formula is C16H9BrClNO2. The first-order valence-corrected chi connectivity index (χ1v) is 7.34. The first kappa shape index (κ1) is 14.0. The SMILES string of the molecule is O=C1Nc2ccc(Br)cc2/C1=C\C(=O)c1ccc(Cl)cc1. The Hall–Kier alpha value is -1.91. The van der Waals surface area contributed by atoms with E-state index in [4.69, 9.17) is 11.6 Å². The Bertz CT molecular complexity index is 781. The van der Waals surface area contributed by atoms with Crippen LogP contribution < -0.4 is 5.32 Å². The molecule has 0 bridgehead atoms. The highest BCUT2D eigenvalue weighted by Crippen LogP contribution is 2.34. The van der Waals surface area contributed by atoms with Crippen molar-refractivity contribution in [2.75, 3.05) is 5.32 Å². The number of halogens is 2. The fraction of sp³-hybridized carbons (Fsp3) is 0. The summed E-state index contributed by atoms with van der Waals surface area (Å²) >= 11 is 9.16. The Labute approximate surface area is 134 Å². The molecule has 0 fully saturated rings. The van der Waals surface area contributed by atoms with Crippen LogP contribution in [-0.2, 0) is 4.79 Å². The van der Waals surface area contributed by atoms with Crippen LogP contribution in [0.5, 0.6) is 0 Å². The van der Waals surface area contributed by atoms with Crippen LogP contribution in [0, 0.1) is 0 Å². The molecule has 1 heterocycles. The van der Waals surface area contributed by atoms with Crippen molar-refractivity contribution in [2.45, 2.75) is 0 Å². The van der Waals surface area contributed by atoms with Crippen molar-refractivity contribution >= 4 is 50.5 Å². The van der Waals surface area contributed by atoms with Gasteiger partial charge in [0.2, 0.25) is 0 Å². The van der Waals surface area contributed by atoms with E-state index in [0.29, 0.717) is 21.8 Å². The van der Waals surface area contributed by atoms with Gasteiger partial charge in [-0.2, -0.15) is 0 Å². The fourth-order valence-corrected chi connectivity index (χ4v) is 2.62. The molecule has 104 valence electrons. The molecule has 0 spiro atoms. The van der Waals surface area contributed by atoms with Crippen molar-refractivity contribution in [1.29, 1.82) is 0 Å².